The molecule has 98 valence electrons. The van der Waals surface area contributed by atoms with Crippen molar-refractivity contribution in [2.24, 2.45) is 0 Å². The summed E-state index contributed by atoms with van der Waals surface area (Å²) in [6, 6.07) is 7.46. The maximum atomic E-state index is 11.7. The highest BCUT2D eigenvalue weighted by molar-refractivity contribution is 5.90. The van der Waals surface area contributed by atoms with Crippen LogP contribution in [0.5, 0.6) is 5.75 Å². The molecule has 0 aliphatic heterocycles. The molecule has 0 N–H and O–H groups in total. The number of esters is 2. The fourth-order valence-corrected chi connectivity index (χ4v) is 1.39. The van der Waals surface area contributed by atoms with E-state index in [1.165, 1.54) is 37.4 Å². The molecule has 6 nitrogen and oxygen atoms in total. The van der Waals surface area contributed by atoms with E-state index in [2.05, 4.69) is 9.89 Å². The average Bonchev–Trinajstić information content (AvgIpc) is 2.85. The van der Waals surface area contributed by atoms with Crippen LogP contribution in [0.15, 0.2) is 34.9 Å². The largest absolute Gasteiger partial charge is 0.465 e. The van der Waals surface area contributed by atoms with Crippen LogP contribution in [0.25, 0.3) is 0 Å². The summed E-state index contributed by atoms with van der Waals surface area (Å²) in [4.78, 5) is 22.9. The van der Waals surface area contributed by atoms with Gasteiger partial charge in [0, 0.05) is 6.07 Å². The first-order chi connectivity index (χ1) is 9.10. The molecule has 0 spiro atoms. The molecular weight excluding hydrogens is 250 g/mol. The topological polar surface area (TPSA) is 78.6 Å². The zero-order valence-corrected chi connectivity index (χ0v) is 10.4. The van der Waals surface area contributed by atoms with Crippen LogP contribution in [-0.2, 0) is 4.74 Å². The second-order valence-corrected chi connectivity index (χ2v) is 3.74. The van der Waals surface area contributed by atoms with Crippen molar-refractivity contribution in [3.63, 3.8) is 0 Å². The average molecular weight is 261 g/mol. The second-order valence-electron chi connectivity index (χ2n) is 3.74. The van der Waals surface area contributed by atoms with Crippen molar-refractivity contribution in [3.05, 3.63) is 47.3 Å². The normalized spacial score (nSPS) is 10.0. The Morgan fingerprint density at radius 2 is 1.84 bits per heavy atom. The van der Waals surface area contributed by atoms with E-state index in [1.807, 2.05) is 0 Å². The van der Waals surface area contributed by atoms with E-state index >= 15 is 0 Å². The molecule has 0 atom stereocenters. The van der Waals surface area contributed by atoms with Crippen LogP contribution >= 0.6 is 0 Å². The first-order valence-electron chi connectivity index (χ1n) is 5.44. The summed E-state index contributed by atoms with van der Waals surface area (Å²) >= 11 is 0. The molecule has 1 aromatic heterocycles. The summed E-state index contributed by atoms with van der Waals surface area (Å²) < 4.78 is 14.4. The summed E-state index contributed by atoms with van der Waals surface area (Å²) in [5.41, 5.74) is 0.964. The second kappa shape index (κ2) is 5.34. The van der Waals surface area contributed by atoms with Crippen molar-refractivity contribution in [1.82, 2.24) is 5.16 Å². The fourth-order valence-electron chi connectivity index (χ4n) is 1.39. The highest BCUT2D eigenvalue weighted by atomic mass is 16.6. The van der Waals surface area contributed by atoms with Gasteiger partial charge >= 0.3 is 11.9 Å². The Morgan fingerprint density at radius 1 is 1.16 bits per heavy atom. The molecule has 0 aliphatic rings. The molecule has 1 aromatic carbocycles. The van der Waals surface area contributed by atoms with Crippen molar-refractivity contribution in [2.75, 3.05) is 7.11 Å². The number of benzene rings is 1. The van der Waals surface area contributed by atoms with Gasteiger partial charge in [-0.2, -0.15) is 0 Å². The van der Waals surface area contributed by atoms with Gasteiger partial charge in [0.2, 0.25) is 5.76 Å². The van der Waals surface area contributed by atoms with Crippen molar-refractivity contribution in [3.8, 4) is 5.75 Å². The fraction of sp³-hybridized carbons (Fsp3) is 0.154. The third-order valence-corrected chi connectivity index (χ3v) is 2.32. The Kier molecular flexibility index (Phi) is 3.61. The van der Waals surface area contributed by atoms with Crippen LogP contribution in [-0.4, -0.2) is 24.2 Å². The first kappa shape index (κ1) is 12.8. The number of rotatable bonds is 3. The van der Waals surface area contributed by atoms with Crippen molar-refractivity contribution < 1.29 is 23.6 Å². The molecule has 6 heteroatoms. The minimum atomic E-state index is -0.647. The molecule has 0 saturated carbocycles. The van der Waals surface area contributed by atoms with Gasteiger partial charge in [-0.25, -0.2) is 9.59 Å². The summed E-state index contributed by atoms with van der Waals surface area (Å²) in [6.45, 7) is 1.70. The number of methoxy groups -OCH3 is 1. The van der Waals surface area contributed by atoms with E-state index in [1.54, 1.807) is 6.92 Å². The Labute approximate surface area is 108 Å². The number of ether oxygens (including phenoxy) is 2. The predicted molar refractivity (Wildman–Crippen MR) is 64.0 cm³/mol. The minimum Gasteiger partial charge on any atom is -0.465 e. The number of nitrogens with zero attached hydrogens (tertiary/aromatic N) is 1. The highest BCUT2D eigenvalue weighted by Crippen LogP contribution is 2.15. The summed E-state index contributed by atoms with van der Waals surface area (Å²) in [5, 5.41) is 3.59. The molecule has 0 bridgehead atoms. The molecule has 0 amide bonds. The molecule has 0 radical (unpaired) electrons. The lowest BCUT2D eigenvalue weighted by Gasteiger charge is -2.03. The molecule has 0 unspecified atom stereocenters. The van der Waals surface area contributed by atoms with Gasteiger partial charge in [-0.05, 0) is 31.2 Å². The van der Waals surface area contributed by atoms with Crippen LogP contribution < -0.4 is 4.74 Å². The highest BCUT2D eigenvalue weighted by Gasteiger charge is 2.14. The Hall–Kier alpha value is -2.63. The Balaban J connectivity index is 2.07. The molecule has 0 saturated heterocycles. The van der Waals surface area contributed by atoms with Crippen molar-refractivity contribution >= 4 is 11.9 Å². The number of aryl methyl sites for hydroxylation is 1. The smallest absolute Gasteiger partial charge is 0.382 e. The zero-order valence-electron chi connectivity index (χ0n) is 10.4. The minimum absolute atomic E-state index is 0.0227. The summed E-state index contributed by atoms with van der Waals surface area (Å²) in [6.07, 6.45) is 0. The molecule has 2 aromatic rings. The zero-order chi connectivity index (χ0) is 13.8. The van der Waals surface area contributed by atoms with E-state index in [4.69, 9.17) is 9.26 Å². The van der Waals surface area contributed by atoms with Crippen molar-refractivity contribution in [1.29, 1.82) is 0 Å². The number of carbonyl (C=O) groups excluding carboxylic acids is 2. The van der Waals surface area contributed by atoms with Crippen LogP contribution in [0, 0.1) is 6.92 Å². The van der Waals surface area contributed by atoms with Gasteiger partial charge in [-0.1, -0.05) is 5.16 Å². The van der Waals surface area contributed by atoms with Gasteiger partial charge in [0.1, 0.15) is 5.75 Å². The van der Waals surface area contributed by atoms with E-state index in [0.29, 0.717) is 17.0 Å². The first-order valence-corrected chi connectivity index (χ1v) is 5.44. The molecule has 2 rings (SSSR count). The maximum Gasteiger partial charge on any atom is 0.382 e. The lowest BCUT2D eigenvalue weighted by Crippen LogP contribution is -2.07. The van der Waals surface area contributed by atoms with Gasteiger partial charge in [-0.15, -0.1) is 0 Å². The Bertz CT molecular complexity index is 600. The molecular formula is C13H11NO5. The molecule has 0 fully saturated rings. The molecule has 19 heavy (non-hydrogen) atoms. The van der Waals surface area contributed by atoms with E-state index in [0.717, 1.165) is 0 Å². The number of aromatic nitrogens is 1. The van der Waals surface area contributed by atoms with E-state index in [-0.39, 0.29) is 5.76 Å². The summed E-state index contributed by atoms with van der Waals surface area (Å²) in [5.74, 6) is -0.781. The lowest BCUT2D eigenvalue weighted by atomic mass is 10.2. The maximum absolute atomic E-state index is 11.7. The standard InChI is InChI=1S/C13H11NO5/c1-8-7-11(19-14-8)13(16)18-10-5-3-9(4-6-10)12(15)17-2/h3-7H,1-2H3. The van der Waals surface area contributed by atoms with E-state index in [9.17, 15) is 9.59 Å². The molecule has 0 aliphatic carbocycles. The number of hydrogen-bond donors (Lipinski definition) is 0. The number of hydrogen-bond acceptors (Lipinski definition) is 6. The Morgan fingerprint density at radius 3 is 2.37 bits per heavy atom. The van der Waals surface area contributed by atoms with Crippen LogP contribution in [0.4, 0.5) is 0 Å². The summed E-state index contributed by atoms with van der Waals surface area (Å²) in [7, 11) is 1.29. The van der Waals surface area contributed by atoms with Gasteiger partial charge in [0.25, 0.3) is 0 Å². The van der Waals surface area contributed by atoms with Crippen molar-refractivity contribution in [2.45, 2.75) is 6.92 Å². The van der Waals surface area contributed by atoms with E-state index < -0.39 is 11.9 Å². The SMILES string of the molecule is COC(=O)c1ccc(OC(=O)c2cc(C)no2)cc1. The predicted octanol–water partition coefficient (Wildman–Crippen LogP) is 1.99. The van der Waals surface area contributed by atoms with Gasteiger partial charge in [-0.3, -0.25) is 0 Å². The monoisotopic (exact) mass is 261 g/mol. The van der Waals surface area contributed by atoms with Gasteiger partial charge < -0.3 is 14.0 Å². The van der Waals surface area contributed by atoms with Gasteiger partial charge in [0.05, 0.1) is 18.4 Å². The lowest BCUT2D eigenvalue weighted by molar-refractivity contribution is 0.0600. The number of carbonyl (C=O) groups is 2. The van der Waals surface area contributed by atoms with Gasteiger partial charge in [0.15, 0.2) is 0 Å². The molecule has 1 heterocycles. The van der Waals surface area contributed by atoms with Crippen LogP contribution in [0.1, 0.15) is 26.6 Å². The third-order valence-electron chi connectivity index (χ3n) is 2.32. The third kappa shape index (κ3) is 2.98. The quantitative estimate of drug-likeness (QED) is 0.621. The van der Waals surface area contributed by atoms with Crippen LogP contribution in [0.3, 0.4) is 0 Å². The van der Waals surface area contributed by atoms with Crippen LogP contribution in [0.2, 0.25) is 0 Å².